The molecule has 2 nitrogen and oxygen atoms in total. The number of hydrogen-bond donors (Lipinski definition) is 1. The summed E-state index contributed by atoms with van der Waals surface area (Å²) in [4.78, 5) is 0. The van der Waals surface area contributed by atoms with E-state index in [1.54, 1.807) is 5.54 Å². The first-order valence-electron chi connectivity index (χ1n) is 5.25. The third-order valence-electron chi connectivity index (χ3n) is 1.79. The molecular formula is C11H22ClNO. The van der Waals surface area contributed by atoms with E-state index in [4.69, 9.17) is 16.3 Å². The van der Waals surface area contributed by atoms with Gasteiger partial charge in [-0.3, -0.25) is 0 Å². The van der Waals surface area contributed by atoms with E-state index in [1.807, 2.05) is 6.92 Å². The average molecular weight is 220 g/mol. The topological polar surface area (TPSA) is 21.3 Å². The number of hydrogen-bond acceptors (Lipinski definition) is 2. The van der Waals surface area contributed by atoms with Crippen LogP contribution in [0, 0.1) is 0 Å². The highest BCUT2D eigenvalue weighted by molar-refractivity contribution is 6.25. The van der Waals surface area contributed by atoms with Crippen LogP contribution in [0.5, 0.6) is 0 Å². The van der Waals surface area contributed by atoms with Crippen LogP contribution in [0.2, 0.25) is 0 Å². The predicted molar refractivity (Wildman–Crippen MR) is 62.8 cm³/mol. The molecule has 0 aliphatic heterocycles. The summed E-state index contributed by atoms with van der Waals surface area (Å²) in [5.74, 6) is 0. The number of nitrogens with one attached hydrogen (secondary N) is 1. The average Bonchev–Trinajstić information content (AvgIpc) is 2.15. The molecule has 0 amide bonds. The minimum absolute atomic E-state index is 0.351. The fourth-order valence-electron chi connectivity index (χ4n) is 0.995. The highest BCUT2D eigenvalue weighted by Crippen LogP contribution is 1.95. The van der Waals surface area contributed by atoms with Gasteiger partial charge in [-0.05, 0) is 45.7 Å². The van der Waals surface area contributed by atoms with Gasteiger partial charge in [0.05, 0.1) is 6.10 Å². The van der Waals surface area contributed by atoms with Crippen molar-refractivity contribution in [2.24, 2.45) is 0 Å². The van der Waals surface area contributed by atoms with Crippen LogP contribution in [0.3, 0.4) is 0 Å². The van der Waals surface area contributed by atoms with E-state index in [2.05, 4.69) is 19.2 Å². The van der Waals surface area contributed by atoms with E-state index in [1.165, 1.54) is 5.57 Å². The third-order valence-corrected chi connectivity index (χ3v) is 2.16. The van der Waals surface area contributed by atoms with Gasteiger partial charge in [0.15, 0.2) is 0 Å². The Bertz CT molecular complexity index is 157. The van der Waals surface area contributed by atoms with E-state index >= 15 is 0 Å². The summed E-state index contributed by atoms with van der Waals surface area (Å²) in [5.41, 5.74) is 2.79. The zero-order valence-electron chi connectivity index (χ0n) is 9.48. The lowest BCUT2D eigenvalue weighted by Gasteiger charge is -2.07. The second-order valence-electron chi connectivity index (χ2n) is 3.76. The first-order valence-corrected chi connectivity index (χ1v) is 5.68. The second-order valence-corrected chi connectivity index (χ2v) is 3.98. The van der Waals surface area contributed by atoms with Crippen LogP contribution in [0.1, 0.15) is 33.6 Å². The van der Waals surface area contributed by atoms with Gasteiger partial charge < -0.3 is 10.1 Å². The fraction of sp³-hybridized carbons (Fsp3) is 0.818. The molecular weight excluding hydrogens is 198 g/mol. The van der Waals surface area contributed by atoms with Crippen molar-refractivity contribution < 1.29 is 4.74 Å². The van der Waals surface area contributed by atoms with E-state index in [0.717, 1.165) is 32.5 Å². The first-order chi connectivity index (χ1) is 6.66. The Kier molecular flexibility index (Phi) is 9.47. The molecule has 14 heavy (non-hydrogen) atoms. The number of rotatable bonds is 8. The SMILES string of the molecule is CC(=CCl)CNCCCCOC(C)C. The lowest BCUT2D eigenvalue weighted by molar-refractivity contribution is 0.0761. The summed E-state index contributed by atoms with van der Waals surface area (Å²) in [5, 5.41) is 3.32. The molecule has 0 aliphatic rings. The van der Waals surface area contributed by atoms with Crippen LogP contribution >= 0.6 is 11.6 Å². The quantitative estimate of drug-likeness (QED) is 0.634. The standard InChI is InChI=1S/C11H22ClNO/c1-10(2)14-7-5-4-6-13-9-11(3)8-12/h8,10,13H,4-7,9H2,1-3H3. The van der Waals surface area contributed by atoms with Crippen molar-refractivity contribution in [1.82, 2.24) is 5.32 Å². The summed E-state index contributed by atoms with van der Waals surface area (Å²) < 4.78 is 5.43. The molecule has 0 aromatic rings. The summed E-state index contributed by atoms with van der Waals surface area (Å²) in [6.45, 7) is 8.92. The molecule has 0 bridgehead atoms. The largest absolute Gasteiger partial charge is 0.379 e. The Morgan fingerprint density at radius 2 is 2.14 bits per heavy atom. The number of ether oxygens (including phenoxy) is 1. The summed E-state index contributed by atoms with van der Waals surface area (Å²) in [6.07, 6.45) is 2.63. The molecule has 0 fully saturated rings. The molecule has 0 atom stereocenters. The lowest BCUT2D eigenvalue weighted by Crippen LogP contribution is -2.18. The number of unbranched alkanes of at least 4 members (excludes halogenated alkanes) is 1. The van der Waals surface area contributed by atoms with Crippen molar-refractivity contribution in [2.75, 3.05) is 19.7 Å². The maximum atomic E-state index is 5.53. The molecule has 0 saturated carbocycles. The first kappa shape index (κ1) is 13.9. The van der Waals surface area contributed by atoms with Crippen molar-refractivity contribution in [3.63, 3.8) is 0 Å². The van der Waals surface area contributed by atoms with Crippen molar-refractivity contribution in [2.45, 2.75) is 39.7 Å². The van der Waals surface area contributed by atoms with Gasteiger partial charge in [-0.1, -0.05) is 11.6 Å². The monoisotopic (exact) mass is 219 g/mol. The molecule has 0 aromatic heterocycles. The van der Waals surface area contributed by atoms with Gasteiger partial charge in [-0.15, -0.1) is 0 Å². The van der Waals surface area contributed by atoms with E-state index in [9.17, 15) is 0 Å². The fourth-order valence-corrected chi connectivity index (χ4v) is 1.07. The molecule has 0 heterocycles. The smallest absolute Gasteiger partial charge is 0.0518 e. The maximum Gasteiger partial charge on any atom is 0.0518 e. The Hall–Kier alpha value is -0.0500. The van der Waals surface area contributed by atoms with Crippen molar-refractivity contribution in [3.8, 4) is 0 Å². The van der Waals surface area contributed by atoms with E-state index in [-0.39, 0.29) is 0 Å². The Balaban J connectivity index is 3.07. The van der Waals surface area contributed by atoms with Crippen molar-refractivity contribution in [3.05, 3.63) is 11.1 Å². The lowest BCUT2D eigenvalue weighted by atomic mass is 10.3. The van der Waals surface area contributed by atoms with Crippen LogP contribution in [0.25, 0.3) is 0 Å². The van der Waals surface area contributed by atoms with Crippen LogP contribution in [-0.2, 0) is 4.74 Å². The van der Waals surface area contributed by atoms with Crippen LogP contribution in [0.15, 0.2) is 11.1 Å². The minimum atomic E-state index is 0.351. The zero-order valence-corrected chi connectivity index (χ0v) is 10.2. The molecule has 0 spiro atoms. The molecule has 0 saturated heterocycles. The zero-order chi connectivity index (χ0) is 10.8. The predicted octanol–water partition coefficient (Wildman–Crippen LogP) is 2.92. The molecule has 0 unspecified atom stereocenters. The molecule has 84 valence electrons. The van der Waals surface area contributed by atoms with Gasteiger partial charge in [0, 0.05) is 18.7 Å². The highest BCUT2D eigenvalue weighted by atomic mass is 35.5. The Morgan fingerprint density at radius 3 is 2.71 bits per heavy atom. The van der Waals surface area contributed by atoms with Gasteiger partial charge in [0.1, 0.15) is 0 Å². The van der Waals surface area contributed by atoms with Crippen LogP contribution in [-0.4, -0.2) is 25.8 Å². The summed E-state index contributed by atoms with van der Waals surface area (Å²) >= 11 is 5.53. The molecule has 0 rings (SSSR count). The second kappa shape index (κ2) is 9.50. The Morgan fingerprint density at radius 1 is 1.43 bits per heavy atom. The van der Waals surface area contributed by atoms with Gasteiger partial charge >= 0.3 is 0 Å². The number of halogens is 1. The summed E-state index contributed by atoms with van der Waals surface area (Å²) in [6, 6.07) is 0. The van der Waals surface area contributed by atoms with Crippen LogP contribution in [0.4, 0.5) is 0 Å². The van der Waals surface area contributed by atoms with Gasteiger partial charge in [-0.25, -0.2) is 0 Å². The maximum absolute atomic E-state index is 5.53. The van der Waals surface area contributed by atoms with Gasteiger partial charge in [-0.2, -0.15) is 0 Å². The van der Waals surface area contributed by atoms with Gasteiger partial charge in [0.25, 0.3) is 0 Å². The summed E-state index contributed by atoms with van der Waals surface area (Å²) in [7, 11) is 0. The molecule has 1 N–H and O–H groups in total. The van der Waals surface area contributed by atoms with Gasteiger partial charge in [0.2, 0.25) is 0 Å². The highest BCUT2D eigenvalue weighted by Gasteiger charge is 1.93. The molecule has 0 aliphatic carbocycles. The molecule has 0 radical (unpaired) electrons. The third kappa shape index (κ3) is 10.0. The van der Waals surface area contributed by atoms with Crippen LogP contribution < -0.4 is 5.32 Å². The normalized spacial score (nSPS) is 12.5. The van der Waals surface area contributed by atoms with E-state index in [0.29, 0.717) is 6.10 Å². The molecule has 0 aromatic carbocycles. The minimum Gasteiger partial charge on any atom is -0.379 e. The van der Waals surface area contributed by atoms with Crippen molar-refractivity contribution >= 4 is 11.6 Å². The van der Waals surface area contributed by atoms with E-state index < -0.39 is 0 Å². The Labute approximate surface area is 92.7 Å². The van der Waals surface area contributed by atoms with Crippen molar-refractivity contribution in [1.29, 1.82) is 0 Å². The molecule has 3 heteroatoms.